The van der Waals surface area contributed by atoms with E-state index in [0.29, 0.717) is 91.9 Å². The predicted molar refractivity (Wildman–Crippen MR) is 324 cm³/mol. The number of amides is 3. The van der Waals surface area contributed by atoms with Crippen molar-refractivity contribution >= 4 is 81.0 Å². The molecule has 0 bridgehead atoms. The Balaban J connectivity index is 0.000000199. The molecule has 6 aromatic heterocycles. The second-order valence-corrected chi connectivity index (χ2v) is 19.4. The fraction of sp³-hybridized carbons (Fsp3) is 0.167. The number of imidazole rings is 2. The highest BCUT2D eigenvalue weighted by atomic mass is 16.4. The van der Waals surface area contributed by atoms with Crippen LogP contribution in [0.1, 0.15) is 52.8 Å². The van der Waals surface area contributed by atoms with Crippen molar-refractivity contribution < 1.29 is 24.3 Å². The number of hydrogen-bond donors (Lipinski definition) is 9. The van der Waals surface area contributed by atoms with Crippen LogP contribution in [0.15, 0.2) is 158 Å². The number of carboxylic acids is 1. The molecule has 10 rings (SSSR count). The Bertz CT molecular complexity index is 3920. The van der Waals surface area contributed by atoms with E-state index in [1.807, 2.05) is 75.7 Å². The van der Waals surface area contributed by atoms with Crippen molar-refractivity contribution in [2.24, 2.45) is 5.73 Å². The predicted octanol–water partition coefficient (Wildman–Crippen LogP) is 7.85. The van der Waals surface area contributed by atoms with E-state index in [1.54, 1.807) is 126 Å². The Labute approximate surface area is 478 Å². The van der Waals surface area contributed by atoms with Gasteiger partial charge in [0, 0.05) is 79.0 Å². The number of carbonyl (C=O) groups is 4. The molecule has 6 heterocycles. The van der Waals surface area contributed by atoms with Crippen LogP contribution >= 0.6 is 0 Å². The lowest BCUT2D eigenvalue weighted by Gasteiger charge is -2.11. The first-order chi connectivity index (χ1) is 39.9. The van der Waals surface area contributed by atoms with Crippen LogP contribution in [0, 0.1) is 13.8 Å². The molecule has 10 aromatic rings. The molecule has 0 aliphatic carbocycles. The number of nitrogens with zero attached hydrogens (tertiary/aromatic N) is 10. The second-order valence-electron chi connectivity index (χ2n) is 19.4. The number of nitrogen functional groups attached to an aromatic ring is 2. The van der Waals surface area contributed by atoms with Crippen molar-refractivity contribution in [3.8, 4) is 22.8 Å². The van der Waals surface area contributed by atoms with Crippen LogP contribution in [0.5, 0.6) is 0 Å². The number of benzene rings is 4. The van der Waals surface area contributed by atoms with Gasteiger partial charge in [0.2, 0.25) is 11.9 Å². The molecule has 23 nitrogen and oxygen atoms in total. The number of pyridine rings is 2. The number of aromatic nitrogens is 8. The monoisotopic (exact) mass is 1120 g/mol. The molecule has 0 aliphatic heterocycles. The number of fused-ring (bicyclic) bond motifs is 2. The van der Waals surface area contributed by atoms with Crippen LogP contribution in [-0.2, 0) is 0 Å². The minimum atomic E-state index is -1.01. The summed E-state index contributed by atoms with van der Waals surface area (Å²) >= 11 is 0. The third-order valence-corrected chi connectivity index (χ3v) is 12.6. The number of aromatic carboxylic acids is 1. The zero-order chi connectivity index (χ0) is 59.2. The maximum Gasteiger partial charge on any atom is 0.335 e. The van der Waals surface area contributed by atoms with Crippen molar-refractivity contribution in [3.05, 3.63) is 192 Å². The Hall–Kier alpha value is -10.6. The Morgan fingerprint density at radius 1 is 0.530 bits per heavy atom. The van der Waals surface area contributed by atoms with Gasteiger partial charge in [-0.25, -0.2) is 34.7 Å². The van der Waals surface area contributed by atoms with Gasteiger partial charge in [-0.1, -0.05) is 24.3 Å². The number of carbonyl (C=O) groups excluding carboxylic acids is 3. The molecule has 0 saturated carbocycles. The van der Waals surface area contributed by atoms with E-state index in [0.717, 1.165) is 42.4 Å². The van der Waals surface area contributed by atoms with Crippen molar-refractivity contribution in [1.29, 1.82) is 0 Å². The minimum Gasteiger partial charge on any atom is -0.478 e. The van der Waals surface area contributed by atoms with Gasteiger partial charge >= 0.3 is 5.97 Å². The summed E-state index contributed by atoms with van der Waals surface area (Å²) in [5.41, 5.74) is 27.7. The summed E-state index contributed by atoms with van der Waals surface area (Å²) in [7, 11) is 7.93. The zero-order valence-electron chi connectivity index (χ0n) is 46.6. The number of anilines is 8. The number of hydrogen-bond acceptors (Lipinski definition) is 17. The van der Waals surface area contributed by atoms with Gasteiger partial charge < -0.3 is 58.7 Å². The summed E-state index contributed by atoms with van der Waals surface area (Å²) in [5.74, 6) is -0.934. The van der Waals surface area contributed by atoms with Crippen molar-refractivity contribution in [2.75, 3.05) is 87.1 Å². The normalized spacial score (nSPS) is 10.9. The van der Waals surface area contributed by atoms with E-state index < -0.39 is 5.97 Å². The number of aryl methyl sites for hydroxylation is 2. The van der Waals surface area contributed by atoms with Gasteiger partial charge in [-0.05, 0) is 151 Å². The fourth-order valence-electron chi connectivity index (χ4n) is 8.35. The van der Waals surface area contributed by atoms with Gasteiger partial charge in [0.15, 0.2) is 0 Å². The highest BCUT2D eigenvalue weighted by Crippen LogP contribution is 2.28. The lowest BCUT2D eigenvalue weighted by Crippen LogP contribution is -2.31. The van der Waals surface area contributed by atoms with Crippen LogP contribution in [0.2, 0.25) is 0 Å². The Morgan fingerprint density at radius 3 is 1.37 bits per heavy atom. The quantitative estimate of drug-likeness (QED) is 0.0392. The van der Waals surface area contributed by atoms with Crippen LogP contribution in [0.3, 0.4) is 0 Å². The molecule has 0 atom stereocenters. The van der Waals surface area contributed by atoms with E-state index in [9.17, 15) is 24.3 Å². The summed E-state index contributed by atoms with van der Waals surface area (Å²) in [5, 5.41) is 24.1. The summed E-state index contributed by atoms with van der Waals surface area (Å²) < 4.78 is 3.70. The molecule has 0 aliphatic rings. The fourth-order valence-corrected chi connectivity index (χ4v) is 8.35. The molecule has 12 N–H and O–H groups in total. The van der Waals surface area contributed by atoms with Crippen molar-refractivity contribution in [2.45, 2.75) is 13.8 Å². The minimum absolute atomic E-state index is 0.141. The summed E-state index contributed by atoms with van der Waals surface area (Å²) in [6.45, 7) is 6.80. The van der Waals surface area contributed by atoms with Crippen molar-refractivity contribution in [3.63, 3.8) is 0 Å². The van der Waals surface area contributed by atoms with Gasteiger partial charge in [0.05, 0.1) is 62.5 Å². The van der Waals surface area contributed by atoms with Gasteiger partial charge in [-0.15, -0.1) is 0 Å². The molecule has 0 unspecified atom stereocenters. The van der Waals surface area contributed by atoms with E-state index in [2.05, 4.69) is 56.4 Å². The highest BCUT2D eigenvalue weighted by molar-refractivity contribution is 6.06. The molecule has 3 amide bonds. The van der Waals surface area contributed by atoms with Gasteiger partial charge in [0.25, 0.3) is 17.7 Å². The number of carboxylic acid groups (broad SMARTS) is 1. The lowest BCUT2D eigenvalue weighted by molar-refractivity contribution is 0.0696. The standard InChI is InChI=1S/C30H31N9O2.C26H21N7O3.C4H12N2/c1-19-27(39-16-13-21(18-26(39)34-19)28(40)32-15-17-38(2)3)25-12-14-33-30(37-25)35-22-10-8-20(9-11-22)29(41)36-24-7-5-4-6-23(24)31;1-15-23(33-13-11-17(25(35)36)14-22(33)29-15)21-10-12-28-26(32-21)30-18-8-6-16(7-9-18)24(34)31-20-5-3-2-4-19(20)27;1-6(2)4-3-5/h4-14,16,18H,15,17,31H2,1-3H3,(H,32,40)(H,36,41)(H,33,35,37);2-14H,27H2,1H3,(H,31,34)(H,35,36)(H,28,30,32);3-5H2,1-2H3. The molecule has 0 radical (unpaired) electrons. The topological polar surface area (TPSA) is 319 Å². The second kappa shape index (κ2) is 27.0. The molecule has 424 valence electrons. The van der Waals surface area contributed by atoms with E-state index >= 15 is 0 Å². The molecule has 23 heteroatoms. The molecule has 0 fully saturated rings. The molecule has 0 saturated heterocycles. The summed E-state index contributed by atoms with van der Waals surface area (Å²) in [6, 6.07) is 38.2. The first-order valence-electron chi connectivity index (χ1n) is 26.2. The number of para-hydroxylation sites is 4. The zero-order valence-corrected chi connectivity index (χ0v) is 46.6. The lowest BCUT2D eigenvalue weighted by atomic mass is 10.2. The summed E-state index contributed by atoms with van der Waals surface area (Å²) in [4.78, 5) is 80.2. The first-order valence-corrected chi connectivity index (χ1v) is 26.2. The highest BCUT2D eigenvalue weighted by Gasteiger charge is 2.18. The van der Waals surface area contributed by atoms with E-state index in [-0.39, 0.29) is 23.3 Å². The van der Waals surface area contributed by atoms with Crippen LogP contribution in [0.25, 0.3) is 34.1 Å². The molecular weight excluding hydrogens is 1050 g/mol. The SMILES string of the molecule is CN(C)CCN.Cc1nc2cc(C(=O)NCCN(C)C)ccn2c1-c1ccnc(Nc2ccc(C(=O)Nc3ccccc3N)cc2)n1.Cc1nc2cc(C(=O)O)ccn2c1-c1ccnc(Nc2ccc(C(=O)Nc3ccccc3N)cc2)n1. The first kappa shape index (κ1) is 58.5. The largest absolute Gasteiger partial charge is 0.478 e. The van der Waals surface area contributed by atoms with Crippen LogP contribution < -0.4 is 43.8 Å². The van der Waals surface area contributed by atoms with Gasteiger partial charge in [-0.2, -0.15) is 0 Å². The van der Waals surface area contributed by atoms with Crippen molar-refractivity contribution in [1.82, 2.24) is 53.8 Å². The average molecular weight is 1120 g/mol. The number of nitrogens with two attached hydrogens (primary N) is 3. The molecule has 83 heavy (non-hydrogen) atoms. The Morgan fingerprint density at radius 2 is 0.964 bits per heavy atom. The smallest absolute Gasteiger partial charge is 0.335 e. The maximum atomic E-state index is 12.6. The van der Waals surface area contributed by atoms with Crippen LogP contribution in [-0.4, -0.2) is 132 Å². The van der Waals surface area contributed by atoms with E-state index in [4.69, 9.17) is 22.2 Å². The van der Waals surface area contributed by atoms with E-state index in [1.165, 1.54) is 12.1 Å². The average Bonchev–Trinajstić information content (AvgIpc) is 3.20. The molecule has 0 spiro atoms. The third-order valence-electron chi connectivity index (χ3n) is 12.6. The molecule has 4 aromatic carbocycles. The van der Waals surface area contributed by atoms with Gasteiger partial charge in [0.1, 0.15) is 11.3 Å². The number of likely N-dealkylation sites (N-methyl/N-ethyl adjacent to an activating group) is 2. The van der Waals surface area contributed by atoms with Gasteiger partial charge in [-0.3, -0.25) is 23.2 Å². The summed E-state index contributed by atoms with van der Waals surface area (Å²) in [6.07, 6.45) is 6.78. The number of nitrogens with one attached hydrogen (secondary N) is 5. The molecular formula is C60H64N18O5. The van der Waals surface area contributed by atoms with Crippen LogP contribution in [0.4, 0.5) is 46.0 Å². The Kier molecular flexibility index (Phi) is 19.1. The maximum absolute atomic E-state index is 12.6. The number of rotatable bonds is 17. The third kappa shape index (κ3) is 15.2.